The highest BCUT2D eigenvalue weighted by Crippen LogP contribution is 2.39. The van der Waals surface area contributed by atoms with E-state index in [1.807, 2.05) is 25.1 Å². The molecule has 144 valence electrons. The molecular weight excluding hydrogens is 342 g/mol. The van der Waals surface area contributed by atoms with Crippen LogP contribution >= 0.6 is 0 Å². The second-order valence-corrected chi connectivity index (χ2v) is 7.85. The molecule has 2 fully saturated rings. The van der Waals surface area contributed by atoms with E-state index in [1.165, 1.54) is 0 Å². The van der Waals surface area contributed by atoms with E-state index in [4.69, 9.17) is 0 Å². The van der Waals surface area contributed by atoms with Crippen LogP contribution in [0.4, 0.5) is 0 Å². The van der Waals surface area contributed by atoms with Crippen molar-refractivity contribution < 1.29 is 14.7 Å². The van der Waals surface area contributed by atoms with Gasteiger partial charge >= 0.3 is 0 Å². The molecule has 0 radical (unpaired) electrons. The number of nitrogens with zero attached hydrogens (tertiary/aromatic N) is 2. The molecule has 1 aromatic heterocycles. The van der Waals surface area contributed by atoms with E-state index in [2.05, 4.69) is 11.9 Å². The standard InChI is InChI=1S/C21H27N3O3/c1-14-15(2)22-18-6-5-16(13-17(14)18)19(26)24-10-4-8-21(24)7-3-9-23(11-12-25)20(21)27/h5-6,13,22,25H,3-4,7-12H2,1-2H3. The monoisotopic (exact) mass is 369 g/mol. The van der Waals surface area contributed by atoms with Gasteiger partial charge in [-0.1, -0.05) is 0 Å². The Morgan fingerprint density at radius 3 is 2.70 bits per heavy atom. The number of H-pyrrole nitrogens is 1. The molecule has 4 rings (SSSR count). The van der Waals surface area contributed by atoms with E-state index >= 15 is 0 Å². The fraction of sp³-hybridized carbons (Fsp3) is 0.524. The van der Waals surface area contributed by atoms with Gasteiger partial charge in [-0.25, -0.2) is 0 Å². The van der Waals surface area contributed by atoms with Crippen molar-refractivity contribution in [1.82, 2.24) is 14.8 Å². The number of rotatable bonds is 3. The minimum atomic E-state index is -0.734. The van der Waals surface area contributed by atoms with Crippen LogP contribution in [0.25, 0.3) is 10.9 Å². The van der Waals surface area contributed by atoms with Crippen molar-refractivity contribution in [2.75, 3.05) is 26.2 Å². The normalized spacial score (nSPS) is 23.0. The molecule has 1 aromatic carbocycles. The number of benzene rings is 1. The molecule has 27 heavy (non-hydrogen) atoms. The molecule has 6 heteroatoms. The topological polar surface area (TPSA) is 76.6 Å². The predicted octanol–water partition coefficient (Wildman–Crippen LogP) is 2.37. The van der Waals surface area contributed by atoms with E-state index in [0.717, 1.165) is 35.0 Å². The Bertz CT molecular complexity index is 901. The molecule has 1 unspecified atom stereocenters. The van der Waals surface area contributed by atoms with Gasteiger partial charge < -0.3 is 19.9 Å². The van der Waals surface area contributed by atoms with Crippen molar-refractivity contribution in [3.05, 3.63) is 35.0 Å². The van der Waals surface area contributed by atoms with Crippen LogP contribution in [0.2, 0.25) is 0 Å². The van der Waals surface area contributed by atoms with Crippen molar-refractivity contribution in [2.24, 2.45) is 0 Å². The van der Waals surface area contributed by atoms with Crippen molar-refractivity contribution >= 4 is 22.7 Å². The van der Waals surface area contributed by atoms with Gasteiger partial charge in [0.25, 0.3) is 5.91 Å². The number of amides is 2. The molecule has 3 heterocycles. The molecule has 1 atom stereocenters. The largest absolute Gasteiger partial charge is 0.395 e. The van der Waals surface area contributed by atoms with E-state index in [0.29, 0.717) is 38.0 Å². The zero-order chi connectivity index (χ0) is 19.2. The van der Waals surface area contributed by atoms with Gasteiger partial charge in [0.05, 0.1) is 6.61 Å². The maximum absolute atomic E-state index is 13.4. The fourth-order valence-corrected chi connectivity index (χ4v) is 4.81. The lowest BCUT2D eigenvalue weighted by atomic mass is 9.85. The van der Waals surface area contributed by atoms with Gasteiger partial charge in [0.1, 0.15) is 5.54 Å². The van der Waals surface area contributed by atoms with Crippen LogP contribution in [0.1, 0.15) is 47.3 Å². The van der Waals surface area contributed by atoms with Crippen LogP contribution in [0.5, 0.6) is 0 Å². The Morgan fingerprint density at radius 2 is 1.96 bits per heavy atom. The second-order valence-electron chi connectivity index (χ2n) is 7.85. The van der Waals surface area contributed by atoms with E-state index in [-0.39, 0.29) is 18.4 Å². The Kier molecular flexibility index (Phi) is 4.46. The number of likely N-dealkylation sites (tertiary alicyclic amines) is 2. The van der Waals surface area contributed by atoms with E-state index < -0.39 is 5.54 Å². The molecule has 1 spiro atoms. The van der Waals surface area contributed by atoms with Gasteiger partial charge in [0.15, 0.2) is 0 Å². The molecule has 2 aliphatic heterocycles. The van der Waals surface area contributed by atoms with E-state index in [9.17, 15) is 14.7 Å². The zero-order valence-electron chi connectivity index (χ0n) is 16.0. The number of aliphatic hydroxyl groups excluding tert-OH is 1. The highest BCUT2D eigenvalue weighted by molar-refractivity contribution is 6.02. The summed E-state index contributed by atoms with van der Waals surface area (Å²) in [7, 11) is 0. The first-order valence-corrected chi connectivity index (χ1v) is 9.79. The summed E-state index contributed by atoms with van der Waals surface area (Å²) in [6.07, 6.45) is 3.13. The zero-order valence-corrected chi connectivity index (χ0v) is 16.0. The smallest absolute Gasteiger partial charge is 0.254 e. The van der Waals surface area contributed by atoms with Crippen LogP contribution < -0.4 is 0 Å². The molecule has 2 saturated heterocycles. The lowest BCUT2D eigenvalue weighted by Gasteiger charge is -2.44. The van der Waals surface area contributed by atoms with Gasteiger partial charge in [-0.2, -0.15) is 0 Å². The number of nitrogens with one attached hydrogen (secondary N) is 1. The molecule has 0 saturated carbocycles. The average Bonchev–Trinajstić information content (AvgIpc) is 3.21. The Morgan fingerprint density at radius 1 is 1.22 bits per heavy atom. The number of aryl methyl sites for hydroxylation is 2. The predicted molar refractivity (Wildman–Crippen MR) is 104 cm³/mol. The number of aromatic amines is 1. The Balaban J connectivity index is 1.68. The first kappa shape index (κ1) is 18.0. The SMILES string of the molecule is Cc1[nH]c2ccc(C(=O)N3CCCC34CCCN(CCO)C4=O)cc2c1C. The third kappa shape index (κ3) is 2.74. The van der Waals surface area contributed by atoms with Gasteiger partial charge in [0, 0.05) is 41.8 Å². The van der Waals surface area contributed by atoms with Crippen LogP contribution in [0.3, 0.4) is 0 Å². The number of carbonyl (C=O) groups is 2. The lowest BCUT2D eigenvalue weighted by Crippen LogP contribution is -2.61. The summed E-state index contributed by atoms with van der Waals surface area (Å²) in [5.41, 5.74) is 3.19. The minimum absolute atomic E-state index is 0.00315. The summed E-state index contributed by atoms with van der Waals surface area (Å²) in [5, 5.41) is 10.3. The van der Waals surface area contributed by atoms with Crippen LogP contribution in [-0.2, 0) is 4.79 Å². The maximum Gasteiger partial charge on any atom is 0.254 e. The molecule has 6 nitrogen and oxygen atoms in total. The summed E-state index contributed by atoms with van der Waals surface area (Å²) in [4.78, 5) is 33.4. The van der Waals surface area contributed by atoms with Crippen molar-refractivity contribution in [1.29, 1.82) is 0 Å². The average molecular weight is 369 g/mol. The van der Waals surface area contributed by atoms with E-state index in [1.54, 1.807) is 9.80 Å². The number of hydrogen-bond acceptors (Lipinski definition) is 3. The van der Waals surface area contributed by atoms with Crippen molar-refractivity contribution in [3.8, 4) is 0 Å². The molecular formula is C21H27N3O3. The molecule has 2 aliphatic rings. The molecule has 2 N–H and O–H groups in total. The van der Waals surface area contributed by atoms with Gasteiger partial charge in [-0.05, 0) is 63.3 Å². The van der Waals surface area contributed by atoms with Crippen LogP contribution in [0, 0.1) is 13.8 Å². The summed E-state index contributed by atoms with van der Waals surface area (Å²) in [6, 6.07) is 5.75. The lowest BCUT2D eigenvalue weighted by molar-refractivity contribution is -0.146. The third-order valence-electron chi connectivity index (χ3n) is 6.36. The molecule has 2 aromatic rings. The Labute approximate surface area is 159 Å². The fourth-order valence-electron chi connectivity index (χ4n) is 4.81. The quantitative estimate of drug-likeness (QED) is 0.872. The number of fused-ring (bicyclic) bond motifs is 1. The van der Waals surface area contributed by atoms with Gasteiger partial charge in [-0.15, -0.1) is 0 Å². The number of carbonyl (C=O) groups excluding carboxylic acids is 2. The minimum Gasteiger partial charge on any atom is -0.395 e. The third-order valence-corrected chi connectivity index (χ3v) is 6.36. The molecule has 0 aliphatic carbocycles. The number of hydrogen-bond donors (Lipinski definition) is 2. The van der Waals surface area contributed by atoms with Crippen molar-refractivity contribution in [2.45, 2.75) is 45.1 Å². The van der Waals surface area contributed by atoms with Gasteiger partial charge in [-0.3, -0.25) is 9.59 Å². The summed E-state index contributed by atoms with van der Waals surface area (Å²) >= 11 is 0. The Hall–Kier alpha value is -2.34. The van der Waals surface area contributed by atoms with Crippen LogP contribution in [0.15, 0.2) is 18.2 Å². The number of β-amino-alcohol motifs (C(OH)–C–C–N with tert-alkyl or cyclic N) is 1. The summed E-state index contributed by atoms with van der Waals surface area (Å²) < 4.78 is 0. The highest BCUT2D eigenvalue weighted by atomic mass is 16.3. The number of aliphatic hydroxyl groups is 1. The summed E-state index contributed by atoms with van der Waals surface area (Å²) in [6.45, 7) is 5.66. The van der Waals surface area contributed by atoms with Crippen LogP contribution in [-0.4, -0.2) is 63.5 Å². The first-order chi connectivity index (χ1) is 13.0. The van der Waals surface area contributed by atoms with Gasteiger partial charge in [0.2, 0.25) is 5.91 Å². The maximum atomic E-state index is 13.4. The summed E-state index contributed by atoms with van der Waals surface area (Å²) in [5.74, 6) is -0.0600. The highest BCUT2D eigenvalue weighted by Gasteiger charge is 2.52. The first-order valence-electron chi connectivity index (χ1n) is 9.79. The molecule has 0 bridgehead atoms. The second kappa shape index (κ2) is 6.68. The van der Waals surface area contributed by atoms with Crippen molar-refractivity contribution in [3.63, 3.8) is 0 Å². The molecule has 2 amide bonds. The number of aromatic nitrogens is 1. The number of piperidine rings is 1.